The van der Waals surface area contributed by atoms with Crippen LogP contribution >= 0.6 is 11.3 Å². The highest BCUT2D eigenvalue weighted by Crippen LogP contribution is 2.27. The van der Waals surface area contributed by atoms with Crippen molar-refractivity contribution in [2.45, 2.75) is 38.6 Å². The fourth-order valence-electron chi connectivity index (χ4n) is 2.54. The van der Waals surface area contributed by atoms with Gasteiger partial charge in [0.15, 0.2) is 0 Å². The molecule has 2 aromatic rings. The maximum atomic E-state index is 9.32. The zero-order chi connectivity index (χ0) is 13.9. The minimum absolute atomic E-state index is 0.0660. The summed E-state index contributed by atoms with van der Waals surface area (Å²) in [6.07, 6.45) is 6.24. The van der Waals surface area contributed by atoms with Crippen LogP contribution in [-0.2, 0) is 12.8 Å². The number of hydrogen-bond donors (Lipinski definition) is 1. The topological polar surface area (TPSA) is 61.6 Å². The molecule has 0 aliphatic heterocycles. The van der Waals surface area contributed by atoms with E-state index in [4.69, 9.17) is 0 Å². The van der Waals surface area contributed by atoms with Crippen LogP contribution in [0.25, 0.3) is 0 Å². The van der Waals surface area contributed by atoms with Crippen molar-refractivity contribution in [1.29, 1.82) is 5.26 Å². The molecule has 0 saturated carbocycles. The molecule has 2 heterocycles. The molecular formula is C15H16N4S. The van der Waals surface area contributed by atoms with Crippen molar-refractivity contribution in [2.75, 3.05) is 5.32 Å². The van der Waals surface area contributed by atoms with Gasteiger partial charge in [-0.25, -0.2) is 9.97 Å². The summed E-state index contributed by atoms with van der Waals surface area (Å²) in [5, 5.41) is 15.6. The van der Waals surface area contributed by atoms with Crippen LogP contribution in [0, 0.1) is 11.3 Å². The zero-order valence-electron chi connectivity index (χ0n) is 11.4. The van der Waals surface area contributed by atoms with Gasteiger partial charge in [-0.1, -0.05) is 0 Å². The standard InChI is InChI=1S/C15H16N4S/c1-10(15-17-6-7-20-15)18-14-12(9-16)8-11-4-2-3-5-13(11)19-14/h6-8,10H,2-5H2,1H3,(H,18,19). The largest absolute Gasteiger partial charge is 0.360 e. The van der Waals surface area contributed by atoms with Crippen LogP contribution in [0.4, 0.5) is 5.82 Å². The normalized spacial score (nSPS) is 15.2. The zero-order valence-corrected chi connectivity index (χ0v) is 12.2. The average molecular weight is 284 g/mol. The van der Waals surface area contributed by atoms with E-state index >= 15 is 0 Å². The number of nitrogens with one attached hydrogen (secondary N) is 1. The van der Waals surface area contributed by atoms with Crippen molar-refractivity contribution in [3.63, 3.8) is 0 Å². The van der Waals surface area contributed by atoms with Crippen LogP contribution in [0.2, 0.25) is 0 Å². The van der Waals surface area contributed by atoms with Gasteiger partial charge >= 0.3 is 0 Å². The van der Waals surface area contributed by atoms with Gasteiger partial charge in [0.25, 0.3) is 0 Å². The molecule has 0 amide bonds. The van der Waals surface area contributed by atoms with Gasteiger partial charge in [-0.3, -0.25) is 0 Å². The van der Waals surface area contributed by atoms with Crippen molar-refractivity contribution < 1.29 is 0 Å². The van der Waals surface area contributed by atoms with E-state index in [1.54, 1.807) is 17.5 Å². The lowest BCUT2D eigenvalue weighted by molar-refractivity contribution is 0.667. The summed E-state index contributed by atoms with van der Waals surface area (Å²) in [5.41, 5.74) is 3.01. The molecule has 0 spiro atoms. The van der Waals surface area contributed by atoms with Crippen molar-refractivity contribution in [2.24, 2.45) is 0 Å². The highest BCUT2D eigenvalue weighted by molar-refractivity contribution is 7.09. The molecule has 4 nitrogen and oxygen atoms in total. The summed E-state index contributed by atoms with van der Waals surface area (Å²) in [5.74, 6) is 0.691. The monoisotopic (exact) mass is 284 g/mol. The first-order valence-corrected chi connectivity index (χ1v) is 7.74. The van der Waals surface area contributed by atoms with E-state index in [1.165, 1.54) is 18.4 Å². The van der Waals surface area contributed by atoms with Crippen LogP contribution in [0.5, 0.6) is 0 Å². The number of nitrogens with zero attached hydrogens (tertiary/aromatic N) is 3. The van der Waals surface area contributed by atoms with Gasteiger partial charge < -0.3 is 5.32 Å². The fourth-order valence-corrected chi connectivity index (χ4v) is 3.19. The number of rotatable bonds is 3. The SMILES string of the molecule is CC(Nc1nc2c(cc1C#N)CCCC2)c1nccs1. The predicted molar refractivity (Wildman–Crippen MR) is 79.7 cm³/mol. The molecule has 1 atom stereocenters. The van der Waals surface area contributed by atoms with Crippen LogP contribution < -0.4 is 5.32 Å². The van der Waals surface area contributed by atoms with Gasteiger partial charge in [-0.05, 0) is 44.2 Å². The molecule has 0 bridgehead atoms. The Morgan fingerprint density at radius 1 is 1.40 bits per heavy atom. The first-order chi connectivity index (χ1) is 9.78. The summed E-state index contributed by atoms with van der Waals surface area (Å²) >= 11 is 1.61. The Labute approximate surface area is 122 Å². The molecule has 1 N–H and O–H groups in total. The van der Waals surface area contributed by atoms with E-state index in [9.17, 15) is 5.26 Å². The summed E-state index contributed by atoms with van der Waals surface area (Å²) in [6.45, 7) is 2.04. The van der Waals surface area contributed by atoms with Crippen molar-refractivity contribution in [3.05, 3.63) is 39.5 Å². The van der Waals surface area contributed by atoms with Crippen molar-refractivity contribution in [1.82, 2.24) is 9.97 Å². The van der Waals surface area contributed by atoms with Crippen LogP contribution in [0.3, 0.4) is 0 Å². The Hall–Kier alpha value is -1.93. The molecular weight excluding hydrogens is 268 g/mol. The molecule has 5 heteroatoms. The number of fused-ring (bicyclic) bond motifs is 1. The number of pyridine rings is 1. The number of aromatic nitrogens is 2. The Bertz CT molecular complexity index is 643. The number of thiazole rings is 1. The third-order valence-electron chi connectivity index (χ3n) is 3.60. The second-order valence-corrected chi connectivity index (χ2v) is 5.97. The summed E-state index contributed by atoms with van der Waals surface area (Å²) in [7, 11) is 0. The van der Waals surface area contributed by atoms with Crippen LogP contribution in [0.1, 0.15) is 47.6 Å². The average Bonchev–Trinajstić information content (AvgIpc) is 3.01. The van der Waals surface area contributed by atoms with E-state index < -0.39 is 0 Å². The van der Waals surface area contributed by atoms with Gasteiger partial charge in [0.1, 0.15) is 16.9 Å². The molecule has 102 valence electrons. The van der Waals surface area contributed by atoms with E-state index in [0.29, 0.717) is 11.4 Å². The van der Waals surface area contributed by atoms with E-state index in [1.807, 2.05) is 18.4 Å². The number of aryl methyl sites for hydroxylation is 2. The highest BCUT2D eigenvalue weighted by Gasteiger charge is 2.17. The second kappa shape index (κ2) is 5.59. The third-order valence-corrected chi connectivity index (χ3v) is 4.55. The molecule has 0 aromatic carbocycles. The fraction of sp³-hybridized carbons (Fsp3) is 0.400. The van der Waals surface area contributed by atoms with Gasteiger partial charge in [0.05, 0.1) is 11.6 Å². The molecule has 3 rings (SSSR count). The van der Waals surface area contributed by atoms with Crippen molar-refractivity contribution in [3.8, 4) is 6.07 Å². The van der Waals surface area contributed by atoms with Gasteiger partial charge in [0, 0.05) is 17.3 Å². The minimum Gasteiger partial charge on any atom is -0.360 e. The lowest BCUT2D eigenvalue weighted by atomic mass is 9.95. The number of anilines is 1. The molecule has 0 fully saturated rings. The van der Waals surface area contributed by atoms with E-state index in [0.717, 1.165) is 23.5 Å². The summed E-state index contributed by atoms with van der Waals surface area (Å²) in [6, 6.07) is 4.32. The molecule has 2 aromatic heterocycles. The number of hydrogen-bond acceptors (Lipinski definition) is 5. The molecule has 1 unspecified atom stereocenters. The quantitative estimate of drug-likeness (QED) is 0.937. The third kappa shape index (κ3) is 2.52. The maximum absolute atomic E-state index is 9.32. The predicted octanol–water partition coefficient (Wildman–Crippen LogP) is 3.46. The maximum Gasteiger partial charge on any atom is 0.144 e. The second-order valence-electron chi connectivity index (χ2n) is 5.05. The van der Waals surface area contributed by atoms with Gasteiger partial charge in [-0.15, -0.1) is 11.3 Å². The molecule has 0 radical (unpaired) electrons. The minimum atomic E-state index is 0.0660. The first kappa shape index (κ1) is 13.1. The Balaban J connectivity index is 1.90. The van der Waals surface area contributed by atoms with E-state index in [-0.39, 0.29) is 6.04 Å². The highest BCUT2D eigenvalue weighted by atomic mass is 32.1. The lowest BCUT2D eigenvalue weighted by Gasteiger charge is -2.19. The number of nitriles is 1. The molecule has 1 aliphatic carbocycles. The van der Waals surface area contributed by atoms with Crippen LogP contribution in [0.15, 0.2) is 17.6 Å². The van der Waals surface area contributed by atoms with Crippen molar-refractivity contribution >= 4 is 17.2 Å². The molecule has 20 heavy (non-hydrogen) atoms. The Morgan fingerprint density at radius 2 is 2.25 bits per heavy atom. The summed E-state index contributed by atoms with van der Waals surface area (Å²) < 4.78 is 0. The molecule has 1 aliphatic rings. The van der Waals surface area contributed by atoms with E-state index in [2.05, 4.69) is 21.4 Å². The smallest absolute Gasteiger partial charge is 0.144 e. The Morgan fingerprint density at radius 3 is 3.00 bits per heavy atom. The van der Waals surface area contributed by atoms with Gasteiger partial charge in [0.2, 0.25) is 0 Å². The Kier molecular flexibility index (Phi) is 3.66. The molecule has 0 saturated heterocycles. The van der Waals surface area contributed by atoms with Gasteiger partial charge in [-0.2, -0.15) is 5.26 Å². The lowest BCUT2D eigenvalue weighted by Crippen LogP contribution is -2.13. The van der Waals surface area contributed by atoms with Crippen LogP contribution in [-0.4, -0.2) is 9.97 Å². The first-order valence-electron chi connectivity index (χ1n) is 6.86. The summed E-state index contributed by atoms with van der Waals surface area (Å²) in [4.78, 5) is 8.98.